The molecule has 1 aromatic rings. The SMILES string of the molecule is O=[N+]([O-])/C=C(\c1cc(Cl)c(Cl)c(Cl)c1)C(F)(F)F. The Kier molecular flexibility index (Phi) is 4.47. The van der Waals surface area contributed by atoms with Crippen LogP contribution in [0.1, 0.15) is 5.56 Å². The zero-order valence-corrected chi connectivity index (χ0v) is 10.5. The molecular weight excluding hydrogens is 317 g/mol. The van der Waals surface area contributed by atoms with E-state index >= 15 is 0 Å². The van der Waals surface area contributed by atoms with E-state index in [9.17, 15) is 23.3 Å². The maximum Gasteiger partial charge on any atom is 0.422 e. The summed E-state index contributed by atoms with van der Waals surface area (Å²) in [5, 5.41) is 9.63. The van der Waals surface area contributed by atoms with Crippen LogP contribution in [0.5, 0.6) is 0 Å². The van der Waals surface area contributed by atoms with Crippen molar-refractivity contribution in [2.75, 3.05) is 0 Å². The average Bonchev–Trinajstić information content (AvgIpc) is 2.20. The predicted molar refractivity (Wildman–Crippen MR) is 62.5 cm³/mol. The molecule has 0 aliphatic carbocycles. The second-order valence-electron chi connectivity index (χ2n) is 3.08. The van der Waals surface area contributed by atoms with E-state index in [4.69, 9.17) is 34.8 Å². The molecule has 1 aromatic carbocycles. The van der Waals surface area contributed by atoms with Crippen LogP contribution < -0.4 is 0 Å². The zero-order chi connectivity index (χ0) is 14.1. The van der Waals surface area contributed by atoms with E-state index in [0.717, 1.165) is 12.1 Å². The van der Waals surface area contributed by atoms with Crippen molar-refractivity contribution < 1.29 is 18.1 Å². The van der Waals surface area contributed by atoms with Crippen molar-refractivity contribution in [3.63, 3.8) is 0 Å². The van der Waals surface area contributed by atoms with Gasteiger partial charge < -0.3 is 0 Å². The lowest BCUT2D eigenvalue weighted by Gasteiger charge is -2.11. The summed E-state index contributed by atoms with van der Waals surface area (Å²) in [5.74, 6) is 0. The van der Waals surface area contributed by atoms with E-state index in [1.165, 1.54) is 0 Å². The number of alkyl halides is 3. The van der Waals surface area contributed by atoms with Crippen LogP contribution in [0.3, 0.4) is 0 Å². The molecular formula is C9H3Cl3F3NO2. The van der Waals surface area contributed by atoms with Crippen LogP contribution in [0.25, 0.3) is 5.57 Å². The van der Waals surface area contributed by atoms with Gasteiger partial charge in [0.15, 0.2) is 0 Å². The lowest BCUT2D eigenvalue weighted by molar-refractivity contribution is -0.402. The van der Waals surface area contributed by atoms with Crippen molar-refractivity contribution in [1.29, 1.82) is 0 Å². The van der Waals surface area contributed by atoms with Gasteiger partial charge in [0.1, 0.15) is 5.57 Å². The maximum atomic E-state index is 12.6. The summed E-state index contributed by atoms with van der Waals surface area (Å²) in [5.41, 5.74) is -1.99. The molecule has 0 radical (unpaired) electrons. The van der Waals surface area contributed by atoms with Gasteiger partial charge in [-0.15, -0.1) is 0 Å². The minimum absolute atomic E-state index is 0.121. The fourth-order valence-electron chi connectivity index (χ4n) is 1.13. The minimum Gasteiger partial charge on any atom is -0.259 e. The molecule has 0 aliphatic heterocycles. The molecule has 0 heterocycles. The summed E-state index contributed by atoms with van der Waals surface area (Å²) in [6, 6.07) is 1.72. The first-order valence-electron chi connectivity index (χ1n) is 4.20. The van der Waals surface area contributed by atoms with E-state index in [0.29, 0.717) is 0 Å². The minimum atomic E-state index is -4.91. The van der Waals surface area contributed by atoms with Gasteiger partial charge in [-0.2, -0.15) is 13.2 Å². The van der Waals surface area contributed by atoms with Crippen molar-refractivity contribution >= 4 is 40.4 Å². The number of nitro groups is 1. The lowest BCUT2D eigenvalue weighted by atomic mass is 10.1. The Morgan fingerprint density at radius 1 is 1.22 bits per heavy atom. The highest BCUT2D eigenvalue weighted by Gasteiger charge is 2.38. The van der Waals surface area contributed by atoms with Gasteiger partial charge in [-0.3, -0.25) is 10.1 Å². The van der Waals surface area contributed by atoms with Crippen LogP contribution in [0.2, 0.25) is 15.1 Å². The number of hydrogen-bond acceptors (Lipinski definition) is 2. The first kappa shape index (κ1) is 15.1. The molecule has 98 valence electrons. The van der Waals surface area contributed by atoms with Crippen LogP contribution in [-0.2, 0) is 0 Å². The quantitative estimate of drug-likeness (QED) is 0.445. The molecule has 0 amide bonds. The third kappa shape index (κ3) is 3.51. The van der Waals surface area contributed by atoms with Crippen LogP contribution >= 0.6 is 34.8 Å². The van der Waals surface area contributed by atoms with Crippen molar-refractivity contribution in [2.45, 2.75) is 6.18 Å². The van der Waals surface area contributed by atoms with Gasteiger partial charge in [-0.05, 0) is 17.7 Å². The average molecular weight is 320 g/mol. The molecule has 9 heteroatoms. The first-order chi connectivity index (χ1) is 8.12. The Labute approximate surface area is 114 Å². The largest absolute Gasteiger partial charge is 0.422 e. The summed E-state index contributed by atoms with van der Waals surface area (Å²) >= 11 is 16.7. The highest BCUT2D eigenvalue weighted by atomic mass is 35.5. The summed E-state index contributed by atoms with van der Waals surface area (Å²) in [6.45, 7) is 0. The number of allylic oxidation sites excluding steroid dienone is 1. The van der Waals surface area contributed by atoms with Crippen LogP contribution in [-0.4, -0.2) is 11.1 Å². The zero-order valence-electron chi connectivity index (χ0n) is 8.26. The Bertz CT molecular complexity index is 505. The third-order valence-electron chi connectivity index (χ3n) is 1.83. The molecule has 0 aliphatic rings. The van der Waals surface area contributed by atoms with Crippen molar-refractivity contribution in [2.24, 2.45) is 0 Å². The Balaban J connectivity index is 3.45. The molecule has 1 rings (SSSR count). The monoisotopic (exact) mass is 319 g/mol. The highest BCUT2D eigenvalue weighted by Crippen LogP contribution is 2.39. The molecule has 3 nitrogen and oxygen atoms in total. The van der Waals surface area contributed by atoms with Crippen LogP contribution in [0, 0.1) is 10.1 Å². The summed E-state index contributed by atoms with van der Waals surface area (Å²) in [6.07, 6.45) is -5.07. The third-order valence-corrected chi connectivity index (χ3v) is 3.03. The number of nitrogens with zero attached hydrogens (tertiary/aromatic N) is 1. The second kappa shape index (κ2) is 5.34. The van der Waals surface area contributed by atoms with E-state index < -0.39 is 22.2 Å². The van der Waals surface area contributed by atoms with Gasteiger partial charge in [0.25, 0.3) is 0 Å². The number of benzene rings is 1. The van der Waals surface area contributed by atoms with E-state index in [2.05, 4.69) is 0 Å². The molecule has 0 unspecified atom stereocenters. The maximum absolute atomic E-state index is 12.6. The molecule has 0 saturated heterocycles. The normalized spacial score (nSPS) is 12.7. The molecule has 0 bridgehead atoms. The molecule has 0 spiro atoms. The molecule has 0 fully saturated rings. The first-order valence-corrected chi connectivity index (χ1v) is 5.33. The number of rotatable bonds is 2. The summed E-state index contributed by atoms with van der Waals surface area (Å²) in [4.78, 5) is 8.99. The van der Waals surface area contributed by atoms with Crippen molar-refractivity contribution in [1.82, 2.24) is 0 Å². The molecule has 0 saturated carbocycles. The topological polar surface area (TPSA) is 43.1 Å². The molecule has 0 N–H and O–H groups in total. The standard InChI is InChI=1S/C9H3Cl3F3NO2/c10-6-1-4(2-7(11)8(6)12)5(3-16(17)18)9(13,14)15/h1-3H/b5-3+. The van der Waals surface area contributed by atoms with Crippen molar-refractivity contribution in [3.05, 3.63) is 49.1 Å². The van der Waals surface area contributed by atoms with Gasteiger partial charge in [0, 0.05) is 0 Å². The Morgan fingerprint density at radius 3 is 2.00 bits per heavy atom. The highest BCUT2D eigenvalue weighted by molar-refractivity contribution is 6.48. The van der Waals surface area contributed by atoms with Gasteiger partial charge in [0.2, 0.25) is 6.20 Å². The number of hydrogen-bond donors (Lipinski definition) is 0. The van der Waals surface area contributed by atoms with E-state index in [1.807, 2.05) is 0 Å². The molecule has 0 aromatic heterocycles. The Hall–Kier alpha value is -0.980. The fourth-order valence-corrected chi connectivity index (χ4v) is 1.72. The Morgan fingerprint density at radius 2 is 1.67 bits per heavy atom. The van der Waals surface area contributed by atoms with Gasteiger partial charge in [-0.1, -0.05) is 34.8 Å². The number of halogens is 6. The van der Waals surface area contributed by atoms with E-state index in [-0.39, 0.29) is 21.3 Å². The lowest BCUT2D eigenvalue weighted by Crippen LogP contribution is -2.12. The smallest absolute Gasteiger partial charge is 0.259 e. The van der Waals surface area contributed by atoms with Crippen molar-refractivity contribution in [3.8, 4) is 0 Å². The predicted octanol–water partition coefficient (Wildman–Crippen LogP) is 4.83. The van der Waals surface area contributed by atoms with Gasteiger partial charge >= 0.3 is 6.18 Å². The molecule has 0 atom stereocenters. The van der Waals surface area contributed by atoms with Gasteiger partial charge in [-0.25, -0.2) is 0 Å². The van der Waals surface area contributed by atoms with Crippen LogP contribution in [0.4, 0.5) is 13.2 Å². The fraction of sp³-hybridized carbons (Fsp3) is 0.111. The summed E-state index contributed by atoms with van der Waals surface area (Å²) < 4.78 is 37.9. The second-order valence-corrected chi connectivity index (χ2v) is 4.27. The molecule has 18 heavy (non-hydrogen) atoms. The van der Waals surface area contributed by atoms with Gasteiger partial charge in [0.05, 0.1) is 20.0 Å². The van der Waals surface area contributed by atoms with Crippen LogP contribution in [0.15, 0.2) is 18.3 Å². The van der Waals surface area contributed by atoms with E-state index in [1.54, 1.807) is 0 Å². The summed E-state index contributed by atoms with van der Waals surface area (Å²) in [7, 11) is 0.